The molecule has 0 aliphatic rings. The molecule has 28 heavy (non-hydrogen) atoms. The van der Waals surface area contributed by atoms with Crippen LogP contribution in [-0.4, -0.2) is 9.97 Å². The van der Waals surface area contributed by atoms with Gasteiger partial charge in [0, 0.05) is 17.7 Å². The third-order valence-electron chi connectivity index (χ3n) is 6.21. The zero-order valence-corrected chi connectivity index (χ0v) is 19.6. The van der Waals surface area contributed by atoms with Gasteiger partial charge in [-0.05, 0) is 78.3 Å². The molecule has 0 radical (unpaired) electrons. The van der Waals surface area contributed by atoms with Gasteiger partial charge >= 0.3 is 0 Å². The summed E-state index contributed by atoms with van der Waals surface area (Å²) in [4.78, 5) is 10.0. The number of hydrogen-bond acceptors (Lipinski definition) is 2. The fourth-order valence-electron chi connectivity index (χ4n) is 4.99. The molecule has 0 bridgehead atoms. The lowest BCUT2D eigenvalue weighted by Gasteiger charge is -2.26. The van der Waals surface area contributed by atoms with E-state index in [0.29, 0.717) is 0 Å². The Balaban J connectivity index is 3.08. The van der Waals surface area contributed by atoms with Crippen LogP contribution in [0.2, 0.25) is 0 Å². The second kappa shape index (κ2) is 10.2. The lowest BCUT2D eigenvalue weighted by Crippen LogP contribution is -2.13. The predicted molar refractivity (Wildman–Crippen MR) is 122 cm³/mol. The molecule has 0 saturated heterocycles. The van der Waals surface area contributed by atoms with Crippen LogP contribution in [0.4, 0.5) is 0 Å². The molecule has 0 amide bonds. The van der Waals surface area contributed by atoms with Gasteiger partial charge in [0.1, 0.15) is 5.82 Å². The summed E-state index contributed by atoms with van der Waals surface area (Å²) in [6.45, 7) is 18.2. The highest BCUT2D eigenvalue weighted by Crippen LogP contribution is 2.39. The van der Waals surface area contributed by atoms with Crippen molar-refractivity contribution in [3.8, 4) is 11.3 Å². The van der Waals surface area contributed by atoms with Crippen molar-refractivity contribution in [3.63, 3.8) is 0 Å². The summed E-state index contributed by atoms with van der Waals surface area (Å²) in [5.74, 6) is 0.990. The van der Waals surface area contributed by atoms with Crippen molar-refractivity contribution in [3.05, 3.63) is 44.9 Å². The third kappa shape index (κ3) is 3.88. The van der Waals surface area contributed by atoms with Crippen LogP contribution in [0.5, 0.6) is 0 Å². The number of aromatic nitrogens is 2. The second-order valence-corrected chi connectivity index (χ2v) is 7.51. The molecule has 0 unspecified atom stereocenters. The minimum absolute atomic E-state index is 0.890. The lowest BCUT2D eigenvalue weighted by molar-refractivity contribution is 0.852. The number of aryl methyl sites for hydroxylation is 2. The fourth-order valence-corrected chi connectivity index (χ4v) is 4.99. The van der Waals surface area contributed by atoms with Crippen LogP contribution in [-0.2, 0) is 51.4 Å². The van der Waals surface area contributed by atoms with Crippen molar-refractivity contribution in [1.82, 2.24) is 9.97 Å². The summed E-state index contributed by atoms with van der Waals surface area (Å²) in [5.41, 5.74) is 13.1. The Hall–Kier alpha value is -1.70. The second-order valence-electron chi connectivity index (χ2n) is 7.51. The van der Waals surface area contributed by atoms with E-state index < -0.39 is 0 Å². The molecule has 1 aromatic heterocycles. The van der Waals surface area contributed by atoms with Gasteiger partial charge in [0.25, 0.3) is 0 Å². The Morgan fingerprint density at radius 1 is 0.429 bits per heavy atom. The van der Waals surface area contributed by atoms with E-state index in [0.717, 1.165) is 57.2 Å². The Morgan fingerprint density at radius 3 is 1.21 bits per heavy atom. The molecule has 0 aliphatic carbocycles. The van der Waals surface area contributed by atoms with E-state index in [9.17, 15) is 0 Å². The van der Waals surface area contributed by atoms with Gasteiger partial charge in [-0.1, -0.05) is 55.4 Å². The molecule has 0 fully saturated rings. The highest BCUT2D eigenvalue weighted by Gasteiger charge is 2.24. The maximum Gasteiger partial charge on any atom is 0.129 e. The number of rotatable bonds is 9. The van der Waals surface area contributed by atoms with Gasteiger partial charge in [0.05, 0.1) is 5.69 Å². The molecule has 1 aromatic carbocycles. The Morgan fingerprint density at radius 2 is 0.857 bits per heavy atom. The fraction of sp³-hybridized carbons (Fsp3) is 0.615. The highest BCUT2D eigenvalue weighted by molar-refractivity contribution is 5.76. The van der Waals surface area contributed by atoms with Gasteiger partial charge in [-0.3, -0.25) is 0 Å². The summed E-state index contributed by atoms with van der Waals surface area (Å²) in [6, 6.07) is 0. The molecule has 0 saturated carbocycles. The molecule has 2 nitrogen and oxygen atoms in total. The first-order valence-electron chi connectivity index (χ1n) is 11.6. The van der Waals surface area contributed by atoms with Crippen LogP contribution in [0.15, 0.2) is 0 Å². The molecule has 0 N–H and O–H groups in total. The molecular formula is C26H40N2. The average Bonchev–Trinajstić information content (AvgIpc) is 2.75. The van der Waals surface area contributed by atoms with Crippen molar-refractivity contribution in [2.75, 3.05) is 0 Å². The topological polar surface area (TPSA) is 25.8 Å². The van der Waals surface area contributed by atoms with Crippen molar-refractivity contribution in [1.29, 1.82) is 0 Å². The first kappa shape index (κ1) is 22.6. The number of nitrogens with zero attached hydrogens (tertiary/aromatic N) is 2. The molecule has 1 heterocycles. The first-order chi connectivity index (χ1) is 13.6. The molecule has 154 valence electrons. The van der Waals surface area contributed by atoms with Gasteiger partial charge < -0.3 is 0 Å². The van der Waals surface area contributed by atoms with E-state index in [1.54, 1.807) is 16.7 Å². The van der Waals surface area contributed by atoms with Gasteiger partial charge in [-0.2, -0.15) is 0 Å². The minimum atomic E-state index is 0.890. The molecule has 2 rings (SSSR count). The van der Waals surface area contributed by atoms with Gasteiger partial charge in [-0.15, -0.1) is 0 Å². The predicted octanol–water partition coefficient (Wildman–Crippen LogP) is 6.64. The van der Waals surface area contributed by atoms with E-state index in [-0.39, 0.29) is 0 Å². The summed E-state index contributed by atoms with van der Waals surface area (Å²) < 4.78 is 0. The van der Waals surface area contributed by atoms with Crippen LogP contribution in [0.25, 0.3) is 11.3 Å². The summed E-state index contributed by atoms with van der Waals surface area (Å²) >= 11 is 0. The number of benzene rings is 1. The molecule has 0 spiro atoms. The van der Waals surface area contributed by atoms with E-state index in [1.165, 1.54) is 33.6 Å². The maximum absolute atomic E-state index is 5.15. The maximum atomic E-state index is 5.15. The quantitative estimate of drug-likeness (QED) is 0.487. The standard InChI is InChI=1S/C26H40N2/c1-9-17-18(10-2)20(12-4)25(21(13-5)19(17)11-3)26-22(14-6)23(15-7)27-24(16-8)28-26/h9-16H2,1-8H3. The highest BCUT2D eigenvalue weighted by atomic mass is 14.9. The van der Waals surface area contributed by atoms with Crippen LogP contribution in [0.3, 0.4) is 0 Å². The molecule has 0 aliphatic heterocycles. The zero-order chi connectivity index (χ0) is 20.8. The zero-order valence-electron chi connectivity index (χ0n) is 19.6. The normalized spacial score (nSPS) is 11.3. The van der Waals surface area contributed by atoms with Gasteiger partial charge in [0.15, 0.2) is 0 Å². The Kier molecular flexibility index (Phi) is 8.22. The van der Waals surface area contributed by atoms with Crippen molar-refractivity contribution < 1.29 is 0 Å². The number of hydrogen-bond donors (Lipinski definition) is 0. The molecule has 0 atom stereocenters. The largest absolute Gasteiger partial charge is 0.238 e. The van der Waals surface area contributed by atoms with Crippen LogP contribution in [0.1, 0.15) is 100 Å². The Labute approximate surface area is 173 Å². The van der Waals surface area contributed by atoms with Gasteiger partial charge in [-0.25, -0.2) is 9.97 Å². The minimum Gasteiger partial charge on any atom is -0.238 e. The van der Waals surface area contributed by atoms with E-state index >= 15 is 0 Å². The molecule has 2 aromatic rings. The SMILES string of the molecule is CCc1nc(CC)c(CC)c(-c2c(CC)c(CC)c(CC)c(CC)c2CC)n1. The average molecular weight is 381 g/mol. The monoisotopic (exact) mass is 380 g/mol. The van der Waals surface area contributed by atoms with E-state index in [2.05, 4.69) is 55.4 Å². The molecule has 2 heteroatoms. The van der Waals surface area contributed by atoms with Gasteiger partial charge in [0.2, 0.25) is 0 Å². The van der Waals surface area contributed by atoms with Crippen LogP contribution in [0, 0.1) is 0 Å². The van der Waals surface area contributed by atoms with Crippen LogP contribution >= 0.6 is 0 Å². The van der Waals surface area contributed by atoms with E-state index in [1.807, 2.05) is 0 Å². The lowest BCUT2D eigenvalue weighted by atomic mass is 9.79. The van der Waals surface area contributed by atoms with Crippen molar-refractivity contribution in [2.45, 2.75) is 107 Å². The van der Waals surface area contributed by atoms with E-state index in [4.69, 9.17) is 9.97 Å². The van der Waals surface area contributed by atoms with Crippen molar-refractivity contribution in [2.24, 2.45) is 0 Å². The Bertz CT molecular complexity index is 785. The smallest absolute Gasteiger partial charge is 0.129 e. The summed E-state index contributed by atoms with van der Waals surface area (Å²) in [6.07, 6.45) is 8.32. The molecular weight excluding hydrogens is 340 g/mol. The first-order valence-corrected chi connectivity index (χ1v) is 11.6. The third-order valence-corrected chi connectivity index (χ3v) is 6.21. The summed E-state index contributed by atoms with van der Waals surface area (Å²) in [7, 11) is 0. The van der Waals surface area contributed by atoms with Crippen molar-refractivity contribution >= 4 is 0 Å². The van der Waals surface area contributed by atoms with Crippen LogP contribution < -0.4 is 0 Å². The summed E-state index contributed by atoms with van der Waals surface area (Å²) in [5, 5.41) is 0.